The van der Waals surface area contributed by atoms with Gasteiger partial charge in [-0.15, -0.1) is 13.2 Å². The second-order valence-corrected chi connectivity index (χ2v) is 7.89. The number of aromatic nitrogens is 5. The average Bonchev–Trinajstić information content (AvgIpc) is 3.46. The fourth-order valence-corrected chi connectivity index (χ4v) is 3.66. The second kappa shape index (κ2) is 9.08. The van der Waals surface area contributed by atoms with Gasteiger partial charge in [-0.1, -0.05) is 15.9 Å². The lowest BCUT2D eigenvalue weighted by molar-refractivity contribution is -0.746. The number of nitrogens with zero attached hydrogens (tertiary/aromatic N) is 4. The maximum absolute atomic E-state index is 14.1. The number of alkyl halides is 6. The molecule has 1 N–H and O–H groups in total. The van der Waals surface area contributed by atoms with Crippen LogP contribution in [0.15, 0.2) is 59.4 Å². The quantitative estimate of drug-likeness (QED) is 0.224. The van der Waals surface area contributed by atoms with Crippen LogP contribution in [0.2, 0.25) is 0 Å². The van der Waals surface area contributed by atoms with Crippen LogP contribution in [0, 0.1) is 11.6 Å². The van der Waals surface area contributed by atoms with E-state index in [0.29, 0.717) is 11.0 Å². The van der Waals surface area contributed by atoms with Gasteiger partial charge in [-0.3, -0.25) is 0 Å². The first kappa shape index (κ1) is 25.1. The fraction of sp³-hybridized carbons (Fsp3) is 0.130. The first-order valence-electron chi connectivity index (χ1n) is 10.5. The summed E-state index contributed by atoms with van der Waals surface area (Å²) in [6.45, 7) is -0.109. The Morgan fingerprint density at radius 1 is 0.974 bits per heavy atom. The zero-order chi connectivity index (χ0) is 27.2. The van der Waals surface area contributed by atoms with Gasteiger partial charge in [0.05, 0.1) is 11.1 Å². The molecule has 0 spiro atoms. The molecule has 196 valence electrons. The summed E-state index contributed by atoms with van der Waals surface area (Å²) in [5.41, 5.74) is -1.59. The highest BCUT2D eigenvalue weighted by molar-refractivity contribution is 5.77. The molecule has 5 rings (SSSR count). The molecule has 38 heavy (non-hydrogen) atoms. The first-order chi connectivity index (χ1) is 17.9. The number of ether oxygens (including phenoxy) is 1. The Labute approximate surface area is 206 Å². The van der Waals surface area contributed by atoms with Gasteiger partial charge in [0.1, 0.15) is 34.5 Å². The van der Waals surface area contributed by atoms with Gasteiger partial charge in [0.15, 0.2) is 11.6 Å². The normalized spacial score (nSPS) is 12.3. The van der Waals surface area contributed by atoms with E-state index in [9.17, 15) is 35.1 Å². The Kier molecular flexibility index (Phi) is 6.00. The number of halogens is 8. The van der Waals surface area contributed by atoms with Crippen molar-refractivity contribution in [3.63, 3.8) is 0 Å². The van der Waals surface area contributed by atoms with E-state index in [1.54, 1.807) is 0 Å². The van der Waals surface area contributed by atoms with Crippen LogP contribution < -0.4 is 9.42 Å². The molecule has 0 fully saturated rings. The summed E-state index contributed by atoms with van der Waals surface area (Å²) in [5.74, 6) is -3.05. The maximum Gasteiger partial charge on any atom is 0.573 e. The van der Waals surface area contributed by atoms with Gasteiger partial charge in [-0.25, -0.2) is 13.8 Å². The van der Waals surface area contributed by atoms with E-state index in [4.69, 9.17) is 4.52 Å². The van der Waals surface area contributed by atoms with E-state index in [-0.39, 0.29) is 35.5 Å². The smallest absolute Gasteiger partial charge is 0.406 e. The van der Waals surface area contributed by atoms with Crippen LogP contribution in [0.5, 0.6) is 5.75 Å². The topological polar surface area (TPSA) is 80.7 Å². The standard InChI is InChI=1S/C23H11F8N5O2/c24-16-3-1-2-14(20(16)25)21-33-18-8-32-36(10-19(18)34-21)9-12-7-17(35-38-12)13-5-4-11(37-23(29,30)31)6-15(13)22(26,27)28/h1-8,10H,9H2/p+1. The highest BCUT2D eigenvalue weighted by atomic mass is 19.4. The number of benzene rings is 2. The highest BCUT2D eigenvalue weighted by Gasteiger charge is 2.37. The van der Waals surface area contributed by atoms with Crippen molar-refractivity contribution in [3.8, 4) is 28.4 Å². The van der Waals surface area contributed by atoms with Crippen molar-refractivity contribution in [2.24, 2.45) is 0 Å². The molecule has 3 aromatic heterocycles. The molecule has 0 saturated carbocycles. The summed E-state index contributed by atoms with van der Waals surface area (Å²) < 4.78 is 116. The van der Waals surface area contributed by atoms with Crippen molar-refractivity contribution in [3.05, 3.63) is 77.8 Å². The lowest BCUT2D eigenvalue weighted by Crippen LogP contribution is -2.37. The number of hydrogen-bond acceptors (Lipinski definition) is 5. The zero-order valence-corrected chi connectivity index (χ0v) is 18.5. The van der Waals surface area contributed by atoms with E-state index in [1.807, 2.05) is 0 Å². The van der Waals surface area contributed by atoms with Gasteiger partial charge in [0.25, 0.3) is 0 Å². The van der Waals surface area contributed by atoms with Crippen molar-refractivity contribution in [2.75, 3.05) is 0 Å². The molecule has 2 aromatic carbocycles. The van der Waals surface area contributed by atoms with E-state index >= 15 is 0 Å². The third kappa shape index (κ3) is 5.12. The molecule has 0 saturated heterocycles. The predicted molar refractivity (Wildman–Crippen MR) is 112 cm³/mol. The van der Waals surface area contributed by atoms with Crippen molar-refractivity contribution in [1.82, 2.24) is 20.2 Å². The van der Waals surface area contributed by atoms with Gasteiger partial charge in [-0.05, 0) is 35.4 Å². The van der Waals surface area contributed by atoms with Crippen LogP contribution in [-0.2, 0) is 12.7 Å². The maximum atomic E-state index is 14.1. The number of hydrogen-bond donors (Lipinski definition) is 1. The molecule has 0 aliphatic carbocycles. The molecule has 7 nitrogen and oxygen atoms in total. The number of imidazole rings is 1. The molecule has 15 heteroatoms. The van der Waals surface area contributed by atoms with Crippen LogP contribution in [-0.4, -0.2) is 26.6 Å². The summed E-state index contributed by atoms with van der Waals surface area (Å²) in [4.78, 5) is 7.02. The van der Waals surface area contributed by atoms with Crippen molar-refractivity contribution >= 4 is 11.0 Å². The van der Waals surface area contributed by atoms with Crippen LogP contribution >= 0.6 is 0 Å². The molecular formula is C23H12F8N5O2+. The zero-order valence-electron chi connectivity index (χ0n) is 18.5. The monoisotopic (exact) mass is 542 g/mol. The second-order valence-electron chi connectivity index (χ2n) is 7.89. The summed E-state index contributed by atoms with van der Waals surface area (Å²) in [6, 6.07) is 6.54. The van der Waals surface area contributed by atoms with E-state index < -0.39 is 41.0 Å². The molecule has 0 bridgehead atoms. The number of fused-ring (bicyclic) bond motifs is 1. The van der Waals surface area contributed by atoms with Gasteiger partial charge in [-0.2, -0.15) is 13.2 Å². The van der Waals surface area contributed by atoms with Crippen LogP contribution in [0.1, 0.15) is 11.3 Å². The molecule has 0 atom stereocenters. The molecule has 0 unspecified atom stereocenters. The Morgan fingerprint density at radius 2 is 1.76 bits per heavy atom. The summed E-state index contributed by atoms with van der Waals surface area (Å²) in [5, 5.41) is 7.72. The molecule has 3 heterocycles. The third-order valence-electron chi connectivity index (χ3n) is 5.26. The highest BCUT2D eigenvalue weighted by Crippen LogP contribution is 2.40. The lowest BCUT2D eigenvalue weighted by atomic mass is 10.0. The predicted octanol–water partition coefficient (Wildman–Crippen LogP) is 5.81. The average molecular weight is 542 g/mol. The minimum Gasteiger partial charge on any atom is -0.406 e. The number of nitrogens with one attached hydrogen (secondary N) is 1. The summed E-state index contributed by atoms with van der Waals surface area (Å²) >= 11 is 0. The van der Waals surface area contributed by atoms with Crippen molar-refractivity contribution in [2.45, 2.75) is 19.1 Å². The Hall–Kier alpha value is -4.56. The molecule has 0 amide bonds. The molecule has 0 aliphatic rings. The van der Waals surface area contributed by atoms with Gasteiger partial charge in [0.2, 0.25) is 18.5 Å². The van der Waals surface area contributed by atoms with E-state index in [1.165, 1.54) is 35.3 Å². The van der Waals surface area contributed by atoms with Crippen molar-refractivity contribution < 1.29 is 49.1 Å². The van der Waals surface area contributed by atoms with Crippen LogP contribution in [0.25, 0.3) is 33.7 Å². The Bertz CT molecular complexity index is 1640. The number of rotatable bonds is 5. The van der Waals surface area contributed by atoms with Gasteiger partial charge in [0, 0.05) is 11.6 Å². The van der Waals surface area contributed by atoms with Crippen LogP contribution in [0.3, 0.4) is 0 Å². The Morgan fingerprint density at radius 3 is 2.50 bits per heavy atom. The summed E-state index contributed by atoms with van der Waals surface area (Å²) in [6.07, 6.45) is -7.40. The number of aromatic amines is 1. The third-order valence-corrected chi connectivity index (χ3v) is 5.26. The summed E-state index contributed by atoms with van der Waals surface area (Å²) in [7, 11) is 0. The minimum absolute atomic E-state index is 0.0520. The SMILES string of the molecule is Fc1cccc(-c2nc3cn[n+](Cc4cc(-c5ccc(OC(F)(F)F)cc5C(F)(F)F)no4)cc3[nH]2)c1F. The molecule has 5 aromatic rings. The van der Waals surface area contributed by atoms with Gasteiger partial charge >= 0.3 is 12.5 Å². The first-order valence-corrected chi connectivity index (χ1v) is 10.5. The molecular weight excluding hydrogens is 530 g/mol. The fourth-order valence-electron chi connectivity index (χ4n) is 3.66. The largest absolute Gasteiger partial charge is 0.573 e. The number of H-pyrrole nitrogens is 1. The molecule has 0 aliphatic heterocycles. The van der Waals surface area contributed by atoms with Crippen LogP contribution in [0.4, 0.5) is 35.1 Å². The van der Waals surface area contributed by atoms with E-state index in [2.05, 4.69) is 25.0 Å². The lowest BCUT2D eigenvalue weighted by Gasteiger charge is -2.14. The van der Waals surface area contributed by atoms with Crippen molar-refractivity contribution in [1.29, 1.82) is 0 Å². The van der Waals surface area contributed by atoms with E-state index in [0.717, 1.165) is 18.2 Å². The Balaban J connectivity index is 1.42. The minimum atomic E-state index is -5.17. The van der Waals surface area contributed by atoms with Gasteiger partial charge < -0.3 is 14.2 Å². The molecule has 0 radical (unpaired) electrons.